The van der Waals surface area contributed by atoms with Crippen molar-refractivity contribution < 1.29 is 13.9 Å². The predicted molar refractivity (Wildman–Crippen MR) is 88.3 cm³/mol. The molecule has 1 fully saturated rings. The number of benzene rings is 1. The lowest BCUT2D eigenvalue weighted by atomic mass is 10.1. The van der Waals surface area contributed by atoms with Gasteiger partial charge in [0.1, 0.15) is 11.9 Å². The molecule has 1 saturated heterocycles. The lowest BCUT2D eigenvalue weighted by molar-refractivity contribution is -0.00198. The molecule has 0 radical (unpaired) electrons. The molecule has 6 nitrogen and oxygen atoms in total. The van der Waals surface area contributed by atoms with Gasteiger partial charge in [-0.25, -0.2) is 9.07 Å². The highest BCUT2D eigenvalue weighted by molar-refractivity contribution is 5.93. The summed E-state index contributed by atoms with van der Waals surface area (Å²) < 4.78 is 20.7. The van der Waals surface area contributed by atoms with E-state index in [1.165, 1.54) is 25.0 Å². The SMILES string of the molecule is O=C(c1nnn2c1CO[C@H](c1ccc(F)cc1)C2)N1CCCCCC1. The highest BCUT2D eigenvalue weighted by Crippen LogP contribution is 2.27. The number of ether oxygens (including phenoxy) is 1. The normalized spacial score (nSPS) is 20.8. The van der Waals surface area contributed by atoms with E-state index in [0.29, 0.717) is 12.2 Å². The van der Waals surface area contributed by atoms with Gasteiger partial charge in [0, 0.05) is 13.1 Å². The largest absolute Gasteiger partial charge is 0.365 e. The average molecular weight is 344 g/mol. The van der Waals surface area contributed by atoms with Gasteiger partial charge in [-0.2, -0.15) is 0 Å². The van der Waals surface area contributed by atoms with Gasteiger partial charge < -0.3 is 9.64 Å². The molecule has 0 bridgehead atoms. The zero-order valence-electron chi connectivity index (χ0n) is 14.0. The second kappa shape index (κ2) is 6.92. The van der Waals surface area contributed by atoms with Gasteiger partial charge in [-0.1, -0.05) is 30.2 Å². The van der Waals surface area contributed by atoms with Gasteiger partial charge in [-0.05, 0) is 30.5 Å². The molecule has 1 atom stereocenters. The lowest BCUT2D eigenvalue weighted by Crippen LogP contribution is -2.33. The topological polar surface area (TPSA) is 60.3 Å². The fourth-order valence-electron chi connectivity index (χ4n) is 3.48. The molecule has 0 aliphatic carbocycles. The van der Waals surface area contributed by atoms with E-state index >= 15 is 0 Å². The van der Waals surface area contributed by atoms with Crippen LogP contribution in [0.5, 0.6) is 0 Å². The third-order valence-electron chi connectivity index (χ3n) is 4.94. The fourth-order valence-corrected chi connectivity index (χ4v) is 3.48. The van der Waals surface area contributed by atoms with Crippen molar-refractivity contribution in [3.63, 3.8) is 0 Å². The van der Waals surface area contributed by atoms with E-state index in [1.54, 1.807) is 16.8 Å². The molecule has 0 N–H and O–H groups in total. The average Bonchev–Trinajstić information content (AvgIpc) is 2.86. The maximum Gasteiger partial charge on any atom is 0.276 e. The Kier molecular flexibility index (Phi) is 4.48. The summed E-state index contributed by atoms with van der Waals surface area (Å²) in [7, 11) is 0. The molecular weight excluding hydrogens is 323 g/mol. The van der Waals surface area contributed by atoms with Gasteiger partial charge in [0.05, 0.1) is 18.8 Å². The van der Waals surface area contributed by atoms with E-state index in [9.17, 15) is 9.18 Å². The van der Waals surface area contributed by atoms with Gasteiger partial charge in [0.15, 0.2) is 5.69 Å². The van der Waals surface area contributed by atoms with E-state index in [1.807, 2.05) is 4.90 Å². The molecule has 132 valence electrons. The van der Waals surface area contributed by atoms with Crippen molar-refractivity contribution in [2.45, 2.75) is 44.9 Å². The number of carbonyl (C=O) groups is 1. The standard InChI is InChI=1S/C18H21FN4O2/c19-14-7-5-13(6-8-14)16-11-23-15(12-25-16)17(20-21-23)18(24)22-9-3-1-2-4-10-22/h5-8,16H,1-4,9-12H2/t16-/m0/s1. The molecule has 4 rings (SSSR count). The monoisotopic (exact) mass is 344 g/mol. The molecule has 0 saturated carbocycles. The first kappa shape index (κ1) is 16.2. The smallest absolute Gasteiger partial charge is 0.276 e. The summed E-state index contributed by atoms with van der Waals surface area (Å²) in [4.78, 5) is 14.7. The number of fused-ring (bicyclic) bond motifs is 1. The van der Waals surface area contributed by atoms with Crippen molar-refractivity contribution in [1.82, 2.24) is 19.9 Å². The summed E-state index contributed by atoms with van der Waals surface area (Å²) in [5, 5.41) is 8.28. The molecule has 25 heavy (non-hydrogen) atoms. The maximum absolute atomic E-state index is 13.1. The van der Waals surface area contributed by atoms with Crippen LogP contribution in [0.25, 0.3) is 0 Å². The second-order valence-electron chi connectivity index (χ2n) is 6.62. The summed E-state index contributed by atoms with van der Waals surface area (Å²) in [5.74, 6) is -0.321. The number of carbonyl (C=O) groups excluding carboxylic acids is 1. The number of hydrogen-bond acceptors (Lipinski definition) is 4. The second-order valence-corrected chi connectivity index (χ2v) is 6.62. The minimum Gasteiger partial charge on any atom is -0.365 e. The van der Waals surface area contributed by atoms with Crippen molar-refractivity contribution in [1.29, 1.82) is 0 Å². The first-order valence-electron chi connectivity index (χ1n) is 8.81. The predicted octanol–water partition coefficient (Wildman–Crippen LogP) is 2.70. The molecule has 3 heterocycles. The first-order valence-corrected chi connectivity index (χ1v) is 8.81. The van der Waals surface area contributed by atoms with E-state index in [2.05, 4.69) is 10.3 Å². The Morgan fingerprint density at radius 1 is 1.12 bits per heavy atom. The molecule has 2 aliphatic rings. The molecule has 1 aromatic carbocycles. The van der Waals surface area contributed by atoms with Gasteiger partial charge in [0.25, 0.3) is 5.91 Å². The summed E-state index contributed by atoms with van der Waals surface area (Å²) in [6, 6.07) is 6.27. The first-order chi connectivity index (χ1) is 12.2. The van der Waals surface area contributed by atoms with Crippen LogP contribution in [0.15, 0.2) is 24.3 Å². The molecule has 0 unspecified atom stereocenters. The van der Waals surface area contributed by atoms with Crippen LogP contribution in [0.2, 0.25) is 0 Å². The Balaban J connectivity index is 1.51. The van der Waals surface area contributed by atoms with Crippen molar-refractivity contribution in [2.75, 3.05) is 13.1 Å². The highest BCUT2D eigenvalue weighted by atomic mass is 19.1. The highest BCUT2D eigenvalue weighted by Gasteiger charge is 2.30. The van der Waals surface area contributed by atoms with Crippen molar-refractivity contribution in [3.8, 4) is 0 Å². The van der Waals surface area contributed by atoms with Crippen LogP contribution in [0.1, 0.15) is 53.5 Å². The van der Waals surface area contributed by atoms with Crippen LogP contribution < -0.4 is 0 Å². The number of likely N-dealkylation sites (tertiary alicyclic amines) is 1. The summed E-state index contributed by atoms with van der Waals surface area (Å²) >= 11 is 0. The number of amides is 1. The Morgan fingerprint density at radius 2 is 1.84 bits per heavy atom. The summed E-state index contributed by atoms with van der Waals surface area (Å²) in [5.41, 5.74) is 2.02. The zero-order valence-corrected chi connectivity index (χ0v) is 14.0. The van der Waals surface area contributed by atoms with Crippen LogP contribution in [0.3, 0.4) is 0 Å². The third kappa shape index (κ3) is 3.28. The minimum atomic E-state index is -0.272. The quantitative estimate of drug-likeness (QED) is 0.840. The number of nitrogens with zero attached hydrogens (tertiary/aromatic N) is 4. The molecule has 7 heteroatoms. The van der Waals surface area contributed by atoms with Gasteiger partial charge in [-0.3, -0.25) is 4.79 Å². The summed E-state index contributed by atoms with van der Waals surface area (Å²) in [6.07, 6.45) is 4.21. The molecule has 1 amide bonds. The van der Waals surface area contributed by atoms with Crippen LogP contribution in [0, 0.1) is 5.82 Å². The lowest BCUT2D eigenvalue weighted by Gasteiger charge is -2.25. The van der Waals surface area contributed by atoms with Crippen molar-refractivity contribution >= 4 is 5.91 Å². The number of aromatic nitrogens is 3. The van der Waals surface area contributed by atoms with Gasteiger partial charge in [0.2, 0.25) is 0 Å². The van der Waals surface area contributed by atoms with E-state index in [-0.39, 0.29) is 24.4 Å². The Morgan fingerprint density at radius 3 is 2.56 bits per heavy atom. The van der Waals surface area contributed by atoms with Crippen LogP contribution in [0.4, 0.5) is 4.39 Å². The van der Waals surface area contributed by atoms with Crippen LogP contribution in [-0.4, -0.2) is 38.9 Å². The minimum absolute atomic E-state index is 0.0491. The Bertz CT molecular complexity index is 751. The van der Waals surface area contributed by atoms with Crippen LogP contribution >= 0.6 is 0 Å². The Hall–Kier alpha value is -2.28. The van der Waals surface area contributed by atoms with E-state index in [4.69, 9.17) is 4.74 Å². The molecular formula is C18H21FN4O2. The van der Waals surface area contributed by atoms with Crippen molar-refractivity contribution in [2.24, 2.45) is 0 Å². The zero-order chi connectivity index (χ0) is 17.2. The van der Waals surface area contributed by atoms with Gasteiger partial charge >= 0.3 is 0 Å². The summed E-state index contributed by atoms with van der Waals surface area (Å²) in [6.45, 7) is 2.32. The Labute approximate surface area is 145 Å². The maximum atomic E-state index is 13.1. The van der Waals surface area contributed by atoms with Crippen molar-refractivity contribution in [3.05, 3.63) is 47.0 Å². The van der Waals surface area contributed by atoms with E-state index in [0.717, 1.165) is 37.2 Å². The molecule has 2 aliphatic heterocycles. The fraction of sp³-hybridized carbons (Fsp3) is 0.500. The van der Waals surface area contributed by atoms with Crippen LogP contribution in [-0.2, 0) is 17.9 Å². The number of halogens is 1. The third-order valence-corrected chi connectivity index (χ3v) is 4.94. The molecule has 0 spiro atoms. The molecule has 2 aromatic rings. The van der Waals surface area contributed by atoms with E-state index < -0.39 is 0 Å². The number of rotatable bonds is 2. The van der Waals surface area contributed by atoms with Gasteiger partial charge in [-0.15, -0.1) is 5.10 Å². The molecule has 1 aromatic heterocycles. The number of hydrogen-bond donors (Lipinski definition) is 0.